The Labute approximate surface area is 202 Å². The third-order valence-electron chi connectivity index (χ3n) is 9.47. The van der Waals surface area contributed by atoms with Gasteiger partial charge in [-0.25, -0.2) is 0 Å². The lowest BCUT2D eigenvalue weighted by Gasteiger charge is -2.44. The topological polar surface area (TPSA) is 60.7 Å². The molecule has 0 amide bonds. The summed E-state index contributed by atoms with van der Waals surface area (Å²) in [5, 5.41) is 30.8. The molecule has 3 fully saturated rings. The Morgan fingerprint density at radius 2 is 1.91 bits per heavy atom. The highest BCUT2D eigenvalue weighted by Gasteiger charge is 2.50. The smallest absolute Gasteiger partial charge is 0.0811 e. The van der Waals surface area contributed by atoms with Crippen molar-refractivity contribution in [2.24, 2.45) is 23.2 Å². The normalized spacial score (nSPS) is 36.6. The Balaban J connectivity index is 1.67. The molecule has 0 aliphatic heterocycles. The van der Waals surface area contributed by atoms with Gasteiger partial charge in [0.1, 0.15) is 0 Å². The van der Waals surface area contributed by atoms with Crippen LogP contribution in [0.4, 0.5) is 0 Å². The summed E-state index contributed by atoms with van der Waals surface area (Å²) in [7, 11) is 0. The van der Waals surface area contributed by atoms with E-state index >= 15 is 0 Å². The molecule has 0 unspecified atom stereocenters. The quantitative estimate of drug-likeness (QED) is 0.358. The van der Waals surface area contributed by atoms with Crippen LogP contribution in [0.2, 0.25) is 0 Å². The van der Waals surface area contributed by atoms with Crippen LogP contribution in [0.25, 0.3) is 0 Å². The van der Waals surface area contributed by atoms with E-state index in [0.29, 0.717) is 36.0 Å². The molecule has 3 aliphatic carbocycles. The monoisotopic (exact) mass is 456 g/mol. The lowest BCUT2D eigenvalue weighted by Crippen LogP contribution is -2.35. The largest absolute Gasteiger partial charge is 0.393 e. The summed E-state index contributed by atoms with van der Waals surface area (Å²) in [5.74, 6) is 1.87. The molecule has 3 rings (SSSR count). The molecule has 0 aromatic carbocycles. The van der Waals surface area contributed by atoms with Gasteiger partial charge in [-0.2, -0.15) is 0 Å². The van der Waals surface area contributed by atoms with Gasteiger partial charge < -0.3 is 15.3 Å². The van der Waals surface area contributed by atoms with Crippen molar-refractivity contribution < 1.29 is 15.3 Å². The van der Waals surface area contributed by atoms with Gasteiger partial charge in [0.15, 0.2) is 0 Å². The van der Waals surface area contributed by atoms with Gasteiger partial charge in [-0.15, -0.1) is 0 Å². The zero-order valence-corrected chi connectivity index (χ0v) is 21.5. The van der Waals surface area contributed by atoms with Gasteiger partial charge >= 0.3 is 0 Å². The first kappa shape index (κ1) is 26.4. The molecule has 186 valence electrons. The zero-order valence-electron chi connectivity index (χ0n) is 21.5. The van der Waals surface area contributed by atoms with Gasteiger partial charge in [-0.05, 0) is 98.5 Å². The Morgan fingerprint density at radius 3 is 2.61 bits per heavy atom. The van der Waals surface area contributed by atoms with Gasteiger partial charge in [0.25, 0.3) is 0 Å². The Bertz CT molecular complexity index is 771. The van der Waals surface area contributed by atoms with E-state index in [1.54, 1.807) is 5.57 Å². The van der Waals surface area contributed by atoms with Gasteiger partial charge in [0.2, 0.25) is 0 Å². The van der Waals surface area contributed by atoms with E-state index in [1.807, 2.05) is 0 Å². The molecule has 3 saturated carbocycles. The molecule has 0 bridgehead atoms. The second-order valence-corrected chi connectivity index (χ2v) is 11.4. The molecule has 3 nitrogen and oxygen atoms in total. The van der Waals surface area contributed by atoms with Crippen LogP contribution in [-0.4, -0.2) is 33.1 Å². The first-order valence-corrected chi connectivity index (χ1v) is 13.5. The maximum absolute atomic E-state index is 10.5. The Morgan fingerprint density at radius 1 is 1.18 bits per heavy atom. The number of allylic oxidation sites excluding steroid dienone is 5. The molecule has 0 radical (unpaired) electrons. The number of aliphatic hydroxyl groups is 3. The first-order chi connectivity index (χ1) is 15.6. The maximum atomic E-state index is 10.5. The fourth-order valence-corrected chi connectivity index (χ4v) is 7.01. The van der Waals surface area contributed by atoms with Crippen LogP contribution in [0.5, 0.6) is 0 Å². The van der Waals surface area contributed by atoms with Gasteiger partial charge in [0, 0.05) is 6.42 Å². The highest BCUT2D eigenvalue weighted by molar-refractivity contribution is 5.38. The first-order valence-electron chi connectivity index (χ1n) is 13.5. The van der Waals surface area contributed by atoms with E-state index in [4.69, 9.17) is 0 Å². The van der Waals surface area contributed by atoms with E-state index in [9.17, 15) is 15.3 Å². The molecular weight excluding hydrogens is 408 g/mol. The van der Waals surface area contributed by atoms with Crippen molar-refractivity contribution in [1.29, 1.82) is 0 Å². The number of hydrogen-bond acceptors (Lipinski definition) is 3. The third kappa shape index (κ3) is 5.92. The van der Waals surface area contributed by atoms with Crippen molar-refractivity contribution in [3.05, 3.63) is 47.6 Å². The molecule has 0 saturated heterocycles. The molecule has 0 aromatic rings. The molecule has 0 aromatic heterocycles. The van der Waals surface area contributed by atoms with Crippen LogP contribution in [-0.2, 0) is 0 Å². The average Bonchev–Trinajstić information content (AvgIpc) is 3.15. The minimum Gasteiger partial charge on any atom is -0.393 e. The van der Waals surface area contributed by atoms with E-state index in [2.05, 4.69) is 58.6 Å². The maximum Gasteiger partial charge on any atom is 0.0811 e. The van der Waals surface area contributed by atoms with E-state index in [-0.39, 0.29) is 0 Å². The van der Waals surface area contributed by atoms with Crippen LogP contribution in [0.1, 0.15) is 98.3 Å². The summed E-state index contributed by atoms with van der Waals surface area (Å²) >= 11 is 0. The fourth-order valence-electron chi connectivity index (χ4n) is 7.01. The molecule has 3 aliphatic rings. The number of fused-ring (bicyclic) bond motifs is 1. The predicted octanol–water partition coefficient (Wildman–Crippen LogP) is 6.65. The summed E-state index contributed by atoms with van der Waals surface area (Å²) in [4.78, 5) is 0. The minimum atomic E-state index is -0.621. The number of aliphatic hydroxyl groups excluding tert-OH is 2. The third-order valence-corrected chi connectivity index (χ3v) is 9.47. The summed E-state index contributed by atoms with van der Waals surface area (Å²) in [6, 6.07) is 0. The van der Waals surface area contributed by atoms with Gasteiger partial charge in [0.05, 0.1) is 17.8 Å². The lowest BCUT2D eigenvalue weighted by molar-refractivity contribution is 0.0245. The molecule has 0 spiro atoms. The number of hydrogen-bond donors (Lipinski definition) is 3. The van der Waals surface area contributed by atoms with Gasteiger partial charge in [-0.1, -0.05) is 64.2 Å². The summed E-state index contributed by atoms with van der Waals surface area (Å²) in [5.41, 5.74) is 3.16. The molecule has 3 N–H and O–H groups in total. The number of rotatable bonds is 8. The van der Waals surface area contributed by atoms with Crippen molar-refractivity contribution in [1.82, 2.24) is 0 Å². The molecule has 0 heterocycles. The van der Waals surface area contributed by atoms with Crippen LogP contribution in [0, 0.1) is 23.2 Å². The summed E-state index contributed by atoms with van der Waals surface area (Å²) < 4.78 is 0. The van der Waals surface area contributed by atoms with E-state index in [1.165, 1.54) is 25.7 Å². The lowest BCUT2D eigenvalue weighted by atomic mass is 9.61. The van der Waals surface area contributed by atoms with Crippen LogP contribution in [0.15, 0.2) is 47.6 Å². The van der Waals surface area contributed by atoms with Crippen molar-refractivity contribution in [3.8, 4) is 0 Å². The molecule has 3 heteroatoms. The standard InChI is InChI=1S/C30H48O3/c1-6-30(33,7-2)18-9-8-11-21(3)26-15-16-27-23(12-10-17-29(26,27)5)13-14-24-19-25(31)20-28(32)22(24)4/h8,11,13-14,21,25-28,31-33H,4,6-7,9-10,12,15-20H2,1-3,5H3/b11-8+,23-13+,24-14+/t21-,25-,26-,27+,28+,29-/m1/s1. The molecular formula is C30H48O3. The second-order valence-electron chi connectivity index (χ2n) is 11.4. The van der Waals surface area contributed by atoms with E-state index < -0.39 is 17.8 Å². The second kappa shape index (κ2) is 11.1. The molecule has 6 atom stereocenters. The SMILES string of the molecule is C=C1/C(=C/C=C2\CCC[C@]3(C)[C@@H]([C@H](C)/C=C/CCC(O)(CC)CC)CC[C@@H]23)C[C@@H](O)C[C@@H]1O. The zero-order chi connectivity index (χ0) is 24.2. The van der Waals surface area contributed by atoms with Crippen molar-refractivity contribution in [2.75, 3.05) is 0 Å². The van der Waals surface area contributed by atoms with E-state index in [0.717, 1.165) is 43.3 Å². The summed E-state index contributed by atoms with van der Waals surface area (Å²) in [6.45, 7) is 13.1. The minimum absolute atomic E-state index is 0.336. The summed E-state index contributed by atoms with van der Waals surface area (Å²) in [6.07, 6.45) is 18.7. The fraction of sp³-hybridized carbons (Fsp3) is 0.733. The molecule has 33 heavy (non-hydrogen) atoms. The highest BCUT2D eigenvalue weighted by atomic mass is 16.3. The van der Waals surface area contributed by atoms with Crippen molar-refractivity contribution in [3.63, 3.8) is 0 Å². The Kier molecular flexibility index (Phi) is 8.86. The van der Waals surface area contributed by atoms with Crippen LogP contribution >= 0.6 is 0 Å². The van der Waals surface area contributed by atoms with Crippen molar-refractivity contribution in [2.45, 2.75) is 116 Å². The average molecular weight is 457 g/mol. The Hall–Kier alpha value is -1.16. The van der Waals surface area contributed by atoms with Crippen molar-refractivity contribution >= 4 is 0 Å². The predicted molar refractivity (Wildman–Crippen MR) is 138 cm³/mol. The van der Waals surface area contributed by atoms with Crippen LogP contribution in [0.3, 0.4) is 0 Å². The van der Waals surface area contributed by atoms with Crippen LogP contribution < -0.4 is 0 Å². The van der Waals surface area contributed by atoms with Gasteiger partial charge in [-0.3, -0.25) is 0 Å². The highest BCUT2D eigenvalue weighted by Crippen LogP contribution is 2.59.